The van der Waals surface area contributed by atoms with Gasteiger partial charge in [-0.05, 0) is 31.2 Å². The Morgan fingerprint density at radius 3 is 2.73 bits per heavy atom. The van der Waals surface area contributed by atoms with Crippen LogP contribution < -0.4 is 5.32 Å². The Balaban J connectivity index is 1.50. The minimum atomic E-state index is -0.375. The lowest BCUT2D eigenvalue weighted by molar-refractivity contribution is -0.123. The van der Waals surface area contributed by atoms with Crippen molar-refractivity contribution >= 4 is 5.91 Å². The van der Waals surface area contributed by atoms with Gasteiger partial charge in [-0.2, -0.15) is 0 Å². The lowest BCUT2D eigenvalue weighted by Gasteiger charge is -2.28. The predicted molar refractivity (Wildman–Crippen MR) is 86.6 cm³/mol. The molecule has 0 aliphatic heterocycles. The summed E-state index contributed by atoms with van der Waals surface area (Å²) in [6.45, 7) is 1.29. The molecule has 122 valence electrons. The van der Waals surface area contributed by atoms with E-state index in [4.69, 9.17) is 4.74 Å². The van der Waals surface area contributed by atoms with Gasteiger partial charge in [-0.15, -0.1) is 0 Å². The summed E-state index contributed by atoms with van der Waals surface area (Å²) in [6.07, 6.45) is 5.56. The van der Waals surface area contributed by atoms with Gasteiger partial charge in [0.1, 0.15) is 0 Å². The number of hydrogen-bond acceptors (Lipinski definition) is 3. The molecule has 4 nitrogen and oxygen atoms in total. The largest absolute Gasteiger partial charge is 0.391 e. The highest BCUT2D eigenvalue weighted by molar-refractivity contribution is 5.76. The maximum atomic E-state index is 11.8. The van der Waals surface area contributed by atoms with Crippen molar-refractivity contribution in [2.24, 2.45) is 0 Å². The van der Waals surface area contributed by atoms with Crippen LogP contribution in [0.2, 0.25) is 0 Å². The van der Waals surface area contributed by atoms with Crippen LogP contribution in [0.5, 0.6) is 0 Å². The van der Waals surface area contributed by atoms with E-state index in [0.717, 1.165) is 38.5 Å². The molecule has 0 spiro atoms. The van der Waals surface area contributed by atoms with Crippen LogP contribution in [0.15, 0.2) is 30.3 Å². The quantitative estimate of drug-likeness (QED) is 0.725. The molecular weight excluding hydrogens is 278 g/mol. The monoisotopic (exact) mass is 305 g/mol. The van der Waals surface area contributed by atoms with E-state index in [9.17, 15) is 9.90 Å². The van der Waals surface area contributed by atoms with Gasteiger partial charge in [-0.25, -0.2) is 0 Å². The summed E-state index contributed by atoms with van der Waals surface area (Å²) in [4.78, 5) is 11.8. The van der Waals surface area contributed by atoms with E-state index in [0.29, 0.717) is 19.6 Å². The van der Waals surface area contributed by atoms with Gasteiger partial charge in [-0.3, -0.25) is 4.79 Å². The Hall–Kier alpha value is -1.39. The van der Waals surface area contributed by atoms with Gasteiger partial charge < -0.3 is 15.2 Å². The summed E-state index contributed by atoms with van der Waals surface area (Å²) >= 11 is 0. The third-order valence-electron chi connectivity index (χ3n) is 4.15. The fourth-order valence-electron chi connectivity index (χ4n) is 2.83. The zero-order chi connectivity index (χ0) is 15.6. The fraction of sp³-hybridized carbons (Fsp3) is 0.611. The summed E-state index contributed by atoms with van der Waals surface area (Å²) in [5, 5.41) is 12.8. The second kappa shape index (κ2) is 9.59. The Morgan fingerprint density at radius 1 is 1.18 bits per heavy atom. The van der Waals surface area contributed by atoms with Gasteiger partial charge >= 0.3 is 0 Å². The first-order chi connectivity index (χ1) is 10.8. The molecule has 1 amide bonds. The van der Waals surface area contributed by atoms with Crippen LogP contribution in [-0.2, 0) is 16.0 Å². The summed E-state index contributed by atoms with van der Waals surface area (Å²) in [7, 11) is 0. The third-order valence-corrected chi connectivity index (χ3v) is 4.15. The van der Waals surface area contributed by atoms with Crippen molar-refractivity contribution in [3.63, 3.8) is 0 Å². The van der Waals surface area contributed by atoms with Crippen LogP contribution in [0, 0.1) is 0 Å². The standard InChI is InChI=1S/C18H27NO3/c20-17-10-5-4-9-16(17)19-18(21)11-6-13-22-14-12-15-7-2-1-3-8-15/h1-3,7-8,16-17,20H,4-6,9-14H2,(H,19,21). The van der Waals surface area contributed by atoms with Gasteiger partial charge in [0.2, 0.25) is 5.91 Å². The van der Waals surface area contributed by atoms with Crippen LogP contribution in [-0.4, -0.2) is 36.4 Å². The second-order valence-corrected chi connectivity index (χ2v) is 5.98. The maximum absolute atomic E-state index is 11.8. The van der Waals surface area contributed by atoms with E-state index >= 15 is 0 Å². The molecule has 1 aliphatic rings. The van der Waals surface area contributed by atoms with Gasteiger partial charge in [-0.1, -0.05) is 43.2 Å². The molecule has 1 fully saturated rings. The van der Waals surface area contributed by atoms with Crippen LogP contribution >= 0.6 is 0 Å². The smallest absolute Gasteiger partial charge is 0.220 e. The first-order valence-electron chi connectivity index (χ1n) is 8.35. The number of rotatable bonds is 8. The molecule has 0 saturated heterocycles. The van der Waals surface area contributed by atoms with Crippen molar-refractivity contribution in [2.75, 3.05) is 13.2 Å². The molecule has 1 aromatic rings. The molecule has 1 aliphatic carbocycles. The molecular formula is C18H27NO3. The van der Waals surface area contributed by atoms with Crippen molar-refractivity contribution < 1.29 is 14.6 Å². The molecule has 0 aromatic heterocycles. The molecule has 1 saturated carbocycles. The van der Waals surface area contributed by atoms with E-state index in [1.807, 2.05) is 18.2 Å². The van der Waals surface area contributed by atoms with Crippen molar-refractivity contribution in [3.8, 4) is 0 Å². The minimum Gasteiger partial charge on any atom is -0.391 e. The number of aliphatic hydroxyl groups is 1. The Morgan fingerprint density at radius 2 is 1.95 bits per heavy atom. The molecule has 22 heavy (non-hydrogen) atoms. The summed E-state index contributed by atoms with van der Waals surface area (Å²) < 4.78 is 5.57. The topological polar surface area (TPSA) is 58.6 Å². The van der Waals surface area contributed by atoms with Gasteiger partial charge in [0.15, 0.2) is 0 Å². The predicted octanol–water partition coefficient (Wildman–Crippen LogP) is 2.45. The number of carbonyl (C=O) groups excluding carboxylic acids is 1. The molecule has 0 bridgehead atoms. The summed E-state index contributed by atoms with van der Waals surface area (Å²) in [5.41, 5.74) is 1.27. The first kappa shape index (κ1) is 17.0. The molecule has 2 unspecified atom stereocenters. The van der Waals surface area contributed by atoms with E-state index < -0.39 is 0 Å². The molecule has 4 heteroatoms. The lowest BCUT2D eigenvalue weighted by Crippen LogP contribution is -2.45. The second-order valence-electron chi connectivity index (χ2n) is 5.98. The van der Waals surface area contributed by atoms with Crippen LogP contribution in [0.25, 0.3) is 0 Å². The van der Waals surface area contributed by atoms with Crippen molar-refractivity contribution in [2.45, 2.75) is 57.1 Å². The van der Waals surface area contributed by atoms with E-state index in [2.05, 4.69) is 17.4 Å². The molecule has 2 atom stereocenters. The highest BCUT2D eigenvalue weighted by Gasteiger charge is 2.23. The van der Waals surface area contributed by atoms with E-state index in [1.54, 1.807) is 0 Å². The summed E-state index contributed by atoms with van der Waals surface area (Å²) in [5.74, 6) is 0.0256. The molecule has 2 rings (SSSR count). The average Bonchev–Trinajstić information content (AvgIpc) is 2.54. The zero-order valence-corrected chi connectivity index (χ0v) is 13.2. The maximum Gasteiger partial charge on any atom is 0.220 e. The van der Waals surface area contributed by atoms with Crippen molar-refractivity contribution in [1.82, 2.24) is 5.32 Å². The Bertz CT molecular complexity index is 435. The van der Waals surface area contributed by atoms with Gasteiger partial charge in [0.25, 0.3) is 0 Å². The van der Waals surface area contributed by atoms with E-state index in [-0.39, 0.29) is 18.1 Å². The Labute approximate surface area is 132 Å². The van der Waals surface area contributed by atoms with E-state index in [1.165, 1.54) is 5.56 Å². The Kier molecular flexibility index (Phi) is 7.40. The number of carbonyl (C=O) groups is 1. The number of hydrogen-bond donors (Lipinski definition) is 2. The van der Waals surface area contributed by atoms with Crippen LogP contribution in [0.4, 0.5) is 0 Å². The summed E-state index contributed by atoms with van der Waals surface area (Å²) in [6, 6.07) is 10.2. The van der Waals surface area contributed by atoms with Crippen molar-refractivity contribution in [3.05, 3.63) is 35.9 Å². The number of amides is 1. The SMILES string of the molecule is O=C(CCCOCCc1ccccc1)NC1CCCCC1O. The van der Waals surface area contributed by atoms with Crippen LogP contribution in [0.3, 0.4) is 0 Å². The fourth-order valence-corrected chi connectivity index (χ4v) is 2.83. The first-order valence-corrected chi connectivity index (χ1v) is 8.35. The zero-order valence-electron chi connectivity index (χ0n) is 13.2. The third kappa shape index (κ3) is 6.16. The molecule has 2 N–H and O–H groups in total. The molecule has 0 heterocycles. The number of ether oxygens (including phenoxy) is 1. The number of benzene rings is 1. The highest BCUT2D eigenvalue weighted by Crippen LogP contribution is 2.18. The lowest BCUT2D eigenvalue weighted by atomic mass is 9.92. The van der Waals surface area contributed by atoms with Crippen molar-refractivity contribution in [1.29, 1.82) is 0 Å². The minimum absolute atomic E-state index is 0.0256. The highest BCUT2D eigenvalue weighted by atomic mass is 16.5. The number of nitrogens with one attached hydrogen (secondary N) is 1. The van der Waals surface area contributed by atoms with Gasteiger partial charge in [0.05, 0.1) is 18.8 Å². The van der Waals surface area contributed by atoms with Crippen LogP contribution in [0.1, 0.15) is 44.1 Å². The average molecular weight is 305 g/mol. The normalized spacial score (nSPS) is 21.5. The molecule has 1 aromatic carbocycles. The molecule has 0 radical (unpaired) electrons. The number of aliphatic hydroxyl groups excluding tert-OH is 1. The van der Waals surface area contributed by atoms with Gasteiger partial charge in [0, 0.05) is 13.0 Å².